The summed E-state index contributed by atoms with van der Waals surface area (Å²) >= 11 is 0. The number of ether oxygens (including phenoxy) is 1. The third kappa shape index (κ3) is 6.43. The second kappa shape index (κ2) is 13.2. The largest absolute Gasteiger partial charge is 0.493 e. The molecule has 2 aromatic carbocycles. The number of unbranched alkanes of at least 4 members (excludes halogenated alkanes) is 3. The Hall–Kier alpha value is -3.54. The van der Waals surface area contributed by atoms with E-state index in [-0.39, 0.29) is 36.0 Å². The maximum atomic E-state index is 13.8. The number of aromatic nitrogens is 4. The molecule has 2 N–H and O–H groups in total. The third-order valence-corrected chi connectivity index (χ3v) is 8.53. The zero-order valence-corrected chi connectivity index (χ0v) is 24.1. The van der Waals surface area contributed by atoms with Crippen LogP contribution in [0.1, 0.15) is 56.6 Å². The van der Waals surface area contributed by atoms with Gasteiger partial charge in [-0.2, -0.15) is 4.31 Å². The van der Waals surface area contributed by atoms with Gasteiger partial charge in [0.25, 0.3) is 5.56 Å². The number of aliphatic hydroxyl groups excluding tert-OH is 1. The molecule has 0 aliphatic rings. The van der Waals surface area contributed by atoms with Crippen LogP contribution in [0.2, 0.25) is 0 Å². The lowest BCUT2D eigenvalue weighted by molar-refractivity contribution is 0.251. The minimum absolute atomic E-state index is 0.000295. The van der Waals surface area contributed by atoms with Crippen LogP contribution in [0.3, 0.4) is 0 Å². The van der Waals surface area contributed by atoms with Crippen molar-refractivity contribution in [3.8, 4) is 17.1 Å². The summed E-state index contributed by atoms with van der Waals surface area (Å²) in [6.45, 7) is 5.79. The fourth-order valence-corrected chi connectivity index (χ4v) is 6.14. The normalized spacial score (nSPS) is 11.9. The Morgan fingerprint density at radius 2 is 1.85 bits per heavy atom. The third-order valence-electron chi connectivity index (χ3n) is 6.69. The first-order chi connectivity index (χ1) is 19.3. The van der Waals surface area contributed by atoms with E-state index in [9.17, 15) is 18.3 Å². The highest BCUT2D eigenvalue weighted by atomic mass is 32.2. The quantitative estimate of drug-likeness (QED) is 0.220. The van der Waals surface area contributed by atoms with Crippen LogP contribution < -0.4 is 10.3 Å². The topological polar surface area (TPSA) is 130 Å². The molecular weight excluding hydrogens is 530 g/mol. The van der Waals surface area contributed by atoms with Crippen molar-refractivity contribution >= 4 is 15.5 Å². The van der Waals surface area contributed by atoms with Gasteiger partial charge in [-0.05, 0) is 44.0 Å². The van der Waals surface area contributed by atoms with E-state index in [0.717, 1.165) is 31.2 Å². The summed E-state index contributed by atoms with van der Waals surface area (Å²) in [5.74, 6) is 1.26. The van der Waals surface area contributed by atoms with Crippen LogP contribution in [-0.2, 0) is 23.0 Å². The highest BCUT2D eigenvalue weighted by Crippen LogP contribution is 2.32. The first-order valence-electron chi connectivity index (χ1n) is 13.7. The second-order valence-corrected chi connectivity index (χ2v) is 11.6. The molecule has 10 nitrogen and oxygen atoms in total. The second-order valence-electron chi connectivity index (χ2n) is 9.63. The molecule has 0 saturated carbocycles. The molecule has 0 fully saturated rings. The van der Waals surface area contributed by atoms with Crippen molar-refractivity contribution in [2.45, 2.75) is 64.3 Å². The summed E-state index contributed by atoms with van der Waals surface area (Å²) < 4.78 is 36.1. The predicted molar refractivity (Wildman–Crippen MR) is 154 cm³/mol. The number of fused-ring (bicyclic) bond motifs is 1. The van der Waals surface area contributed by atoms with Gasteiger partial charge in [-0.15, -0.1) is 5.10 Å². The number of nitrogens with zero attached hydrogens (tertiary/aromatic N) is 4. The molecule has 0 radical (unpaired) electrons. The van der Waals surface area contributed by atoms with E-state index in [4.69, 9.17) is 9.84 Å². The Kier molecular flexibility index (Phi) is 9.72. The number of aromatic amines is 1. The van der Waals surface area contributed by atoms with Crippen molar-refractivity contribution < 1.29 is 18.3 Å². The van der Waals surface area contributed by atoms with Crippen LogP contribution in [-0.4, -0.2) is 57.2 Å². The smallest absolute Gasteiger partial charge is 0.277 e. The van der Waals surface area contributed by atoms with E-state index in [1.165, 1.54) is 16.4 Å². The van der Waals surface area contributed by atoms with E-state index >= 15 is 0 Å². The molecule has 0 bridgehead atoms. The van der Waals surface area contributed by atoms with E-state index in [0.29, 0.717) is 41.4 Å². The van der Waals surface area contributed by atoms with E-state index < -0.39 is 10.0 Å². The van der Waals surface area contributed by atoms with Crippen LogP contribution in [0.15, 0.2) is 58.2 Å². The molecule has 40 heavy (non-hydrogen) atoms. The molecule has 0 saturated heterocycles. The van der Waals surface area contributed by atoms with Crippen molar-refractivity contribution in [3.05, 3.63) is 76.0 Å². The number of imidazole rings is 1. The van der Waals surface area contributed by atoms with E-state index in [2.05, 4.69) is 16.9 Å². The monoisotopic (exact) mass is 567 g/mol. The van der Waals surface area contributed by atoms with Crippen molar-refractivity contribution in [2.24, 2.45) is 0 Å². The van der Waals surface area contributed by atoms with Crippen molar-refractivity contribution in [3.63, 3.8) is 0 Å². The molecule has 0 unspecified atom stereocenters. The highest BCUT2D eigenvalue weighted by molar-refractivity contribution is 7.89. The van der Waals surface area contributed by atoms with Crippen molar-refractivity contribution in [1.29, 1.82) is 0 Å². The maximum Gasteiger partial charge on any atom is 0.277 e. The molecule has 2 heterocycles. The summed E-state index contributed by atoms with van der Waals surface area (Å²) in [5, 5.41) is 14.3. The SMILES string of the molecule is CCCCCCc1nc(C)c2c(=O)[nH]c(-c3cc(S(=O)(=O)N(CCO)Cc4ccccc4)ccc3OCC)nn12. The molecule has 0 amide bonds. The molecule has 4 aromatic rings. The van der Waals surface area contributed by atoms with Crippen LogP contribution in [0.5, 0.6) is 5.75 Å². The van der Waals surface area contributed by atoms with Gasteiger partial charge in [0.2, 0.25) is 10.0 Å². The van der Waals surface area contributed by atoms with Crippen LogP contribution in [0.25, 0.3) is 16.9 Å². The summed E-state index contributed by atoms with van der Waals surface area (Å²) in [6, 6.07) is 13.7. The molecule has 0 aliphatic carbocycles. The van der Waals surface area contributed by atoms with Gasteiger partial charge in [0, 0.05) is 19.5 Å². The van der Waals surface area contributed by atoms with Crippen LogP contribution in [0.4, 0.5) is 0 Å². The average Bonchev–Trinajstić information content (AvgIpc) is 3.27. The molecule has 4 rings (SSSR count). The Bertz CT molecular complexity index is 1600. The highest BCUT2D eigenvalue weighted by Gasteiger charge is 2.27. The van der Waals surface area contributed by atoms with Gasteiger partial charge >= 0.3 is 0 Å². The molecule has 0 atom stereocenters. The van der Waals surface area contributed by atoms with Crippen LogP contribution >= 0.6 is 0 Å². The number of nitrogens with one attached hydrogen (secondary N) is 1. The van der Waals surface area contributed by atoms with Gasteiger partial charge in [0.1, 0.15) is 11.6 Å². The van der Waals surface area contributed by atoms with Gasteiger partial charge in [-0.1, -0.05) is 56.5 Å². The van der Waals surface area contributed by atoms with E-state index in [1.54, 1.807) is 17.5 Å². The Balaban J connectivity index is 1.79. The first-order valence-corrected chi connectivity index (χ1v) is 15.1. The molecular formula is C29H37N5O5S. The summed E-state index contributed by atoms with van der Waals surface area (Å²) in [5.41, 5.74) is 1.73. The standard InChI is InChI=1S/C29H37N5O5S/c1-4-6-7-11-14-26-30-21(3)27-29(36)31-28(32-34(26)27)24-19-23(15-16-25(24)39-5-2)40(37,38)33(17-18-35)20-22-12-9-8-10-13-22/h8-10,12-13,15-16,19,35H,4-7,11,14,17-18,20H2,1-3H3,(H,31,32,36). The molecule has 11 heteroatoms. The predicted octanol–water partition coefficient (Wildman–Crippen LogP) is 4.10. The summed E-state index contributed by atoms with van der Waals surface area (Å²) in [7, 11) is -4.02. The minimum Gasteiger partial charge on any atom is -0.493 e. The Morgan fingerprint density at radius 3 is 2.55 bits per heavy atom. The lowest BCUT2D eigenvalue weighted by atomic mass is 10.1. The number of aliphatic hydroxyl groups is 1. The van der Waals surface area contributed by atoms with Gasteiger partial charge in [0.15, 0.2) is 11.3 Å². The average molecular weight is 568 g/mol. The fraction of sp³-hybridized carbons (Fsp3) is 0.414. The lowest BCUT2D eigenvalue weighted by Gasteiger charge is -2.22. The Morgan fingerprint density at radius 1 is 1.07 bits per heavy atom. The Labute approximate surface area is 234 Å². The molecule has 0 spiro atoms. The first kappa shape index (κ1) is 29.4. The fourth-order valence-electron chi connectivity index (χ4n) is 4.70. The molecule has 2 aromatic heterocycles. The van der Waals surface area contributed by atoms with Crippen molar-refractivity contribution in [2.75, 3.05) is 19.8 Å². The number of benzene rings is 2. The van der Waals surface area contributed by atoms with Gasteiger partial charge in [0.05, 0.1) is 29.4 Å². The molecule has 214 valence electrons. The minimum atomic E-state index is -4.02. The maximum absolute atomic E-state index is 13.8. The number of hydrogen-bond donors (Lipinski definition) is 2. The number of hydrogen-bond acceptors (Lipinski definition) is 7. The van der Waals surface area contributed by atoms with Crippen molar-refractivity contribution in [1.82, 2.24) is 23.9 Å². The number of rotatable bonds is 14. The number of aryl methyl sites for hydroxylation is 2. The summed E-state index contributed by atoms with van der Waals surface area (Å²) in [4.78, 5) is 20.6. The zero-order chi connectivity index (χ0) is 28.7. The van der Waals surface area contributed by atoms with Gasteiger partial charge in [-0.25, -0.2) is 17.9 Å². The number of H-pyrrole nitrogens is 1. The van der Waals surface area contributed by atoms with Gasteiger partial charge in [-0.3, -0.25) is 4.79 Å². The lowest BCUT2D eigenvalue weighted by Crippen LogP contribution is -2.33. The van der Waals surface area contributed by atoms with E-state index in [1.807, 2.05) is 37.3 Å². The summed E-state index contributed by atoms with van der Waals surface area (Å²) in [6.07, 6.45) is 4.90. The van der Waals surface area contributed by atoms with Gasteiger partial charge < -0.3 is 14.8 Å². The number of sulfonamides is 1. The van der Waals surface area contributed by atoms with Crippen LogP contribution in [0, 0.1) is 6.92 Å². The molecule has 0 aliphatic heterocycles. The zero-order valence-electron chi connectivity index (χ0n) is 23.3.